The molecule has 4 aromatic rings. The number of nitroso groups, excluding NO2 is 1. The summed E-state index contributed by atoms with van der Waals surface area (Å²) in [7, 11) is 0. The Kier molecular flexibility index (Phi) is 5.52. The molecular weight excluding hydrogens is 412 g/mol. The number of fused-ring (bicyclic) bond motifs is 2. The van der Waals surface area contributed by atoms with Gasteiger partial charge in [0.15, 0.2) is 10.8 Å². The Balaban J connectivity index is 1.41. The van der Waals surface area contributed by atoms with E-state index in [1.807, 2.05) is 41.1 Å². The minimum absolute atomic E-state index is 0.418. The molecule has 1 aliphatic heterocycles. The predicted molar refractivity (Wildman–Crippen MR) is 121 cm³/mol. The van der Waals surface area contributed by atoms with Crippen molar-refractivity contribution in [2.24, 2.45) is 5.18 Å². The molecule has 0 radical (unpaired) electrons. The number of nitrogens with one attached hydrogen (secondary N) is 1. The van der Waals surface area contributed by atoms with Crippen LogP contribution in [0.5, 0.6) is 0 Å². The highest BCUT2D eigenvalue weighted by Crippen LogP contribution is 2.30. The lowest BCUT2D eigenvalue weighted by molar-refractivity contribution is 0.0904. The second-order valence-corrected chi connectivity index (χ2v) is 8.71. The molecule has 1 saturated heterocycles. The van der Waals surface area contributed by atoms with E-state index in [1.165, 1.54) is 11.8 Å². The smallest absolute Gasteiger partial charge is 0.200 e. The molecule has 1 aliphatic rings. The minimum Gasteiger partial charge on any atom is -0.381 e. The Morgan fingerprint density at radius 2 is 2.06 bits per heavy atom. The Morgan fingerprint density at radius 1 is 1.19 bits per heavy atom. The van der Waals surface area contributed by atoms with Crippen molar-refractivity contribution < 1.29 is 4.74 Å². The summed E-state index contributed by atoms with van der Waals surface area (Å²) in [6.07, 6.45) is 5.78. The molecule has 5 rings (SSSR count). The van der Waals surface area contributed by atoms with Gasteiger partial charge in [0.25, 0.3) is 0 Å². The van der Waals surface area contributed by atoms with Crippen LogP contribution in [0, 0.1) is 4.91 Å². The summed E-state index contributed by atoms with van der Waals surface area (Å²) in [5.41, 5.74) is 3.53. The van der Waals surface area contributed by atoms with Crippen LogP contribution < -0.4 is 5.32 Å². The van der Waals surface area contributed by atoms with Gasteiger partial charge in [0.2, 0.25) is 0 Å². The normalized spacial score (nSPS) is 15.9. The van der Waals surface area contributed by atoms with E-state index in [1.54, 1.807) is 6.92 Å². The number of aromatic nitrogens is 4. The summed E-state index contributed by atoms with van der Waals surface area (Å²) in [5.74, 6) is 0. The highest BCUT2D eigenvalue weighted by Gasteiger charge is 2.14. The molecule has 0 bridgehead atoms. The van der Waals surface area contributed by atoms with Gasteiger partial charge >= 0.3 is 0 Å². The molecule has 1 fully saturated rings. The number of benzene rings is 1. The summed E-state index contributed by atoms with van der Waals surface area (Å²) in [5, 5.41) is 17.0. The number of ether oxygens (including phenoxy) is 1. The highest BCUT2D eigenvalue weighted by atomic mass is 32.2. The first-order valence-electron chi connectivity index (χ1n) is 10.3. The molecule has 1 atom stereocenters. The van der Waals surface area contributed by atoms with Crippen molar-refractivity contribution in [1.29, 1.82) is 0 Å². The van der Waals surface area contributed by atoms with Gasteiger partial charge in [-0.1, -0.05) is 11.2 Å². The van der Waals surface area contributed by atoms with Crippen molar-refractivity contribution in [2.45, 2.75) is 41.9 Å². The van der Waals surface area contributed by atoms with E-state index >= 15 is 0 Å². The topological polar surface area (TPSA) is 93.8 Å². The number of pyridine rings is 2. The van der Waals surface area contributed by atoms with Crippen molar-refractivity contribution in [3.05, 3.63) is 59.3 Å². The Labute approximate surface area is 183 Å². The van der Waals surface area contributed by atoms with Crippen molar-refractivity contribution >= 4 is 34.0 Å². The predicted octanol–water partition coefficient (Wildman–Crippen LogP) is 4.85. The Morgan fingerprint density at radius 3 is 2.90 bits per heavy atom. The van der Waals surface area contributed by atoms with Gasteiger partial charge in [-0.2, -0.15) is 4.91 Å². The average molecular weight is 435 g/mol. The van der Waals surface area contributed by atoms with Crippen LogP contribution in [0.1, 0.15) is 31.4 Å². The number of hydrogen-bond donors (Lipinski definition) is 1. The average Bonchev–Trinajstić information content (AvgIpc) is 3.21. The van der Waals surface area contributed by atoms with Crippen molar-refractivity contribution in [2.75, 3.05) is 18.5 Å². The lowest BCUT2D eigenvalue weighted by atomic mass is 10.1. The monoisotopic (exact) mass is 434 g/mol. The zero-order chi connectivity index (χ0) is 21.2. The van der Waals surface area contributed by atoms with Crippen LogP contribution in [0.25, 0.3) is 16.6 Å². The fraction of sp³-hybridized carbons (Fsp3) is 0.318. The number of nitrogens with zero attached hydrogens (tertiary/aromatic N) is 5. The molecule has 0 spiro atoms. The van der Waals surface area contributed by atoms with E-state index in [4.69, 9.17) is 4.74 Å². The SMILES string of the molecule is CC(N=O)c1ccc2nnc(Sc3ccc4ncc(NC5CCOCC5)cc4c3)n2c1. The summed E-state index contributed by atoms with van der Waals surface area (Å²) >= 11 is 1.52. The standard InChI is InChI=1S/C22H22N6O2S/c1-14(27-29)15-2-5-21-25-26-22(28(21)13-15)31-19-3-4-20-16(11-19)10-18(12-23-20)24-17-6-8-30-9-7-17/h2-5,10-14,17,24H,6-9H2,1H3. The second-order valence-electron chi connectivity index (χ2n) is 7.67. The molecule has 1 unspecified atom stereocenters. The molecular formula is C22H22N6O2S. The Bertz CT molecular complexity index is 1240. The van der Waals surface area contributed by atoms with E-state index in [2.05, 4.69) is 37.8 Å². The maximum atomic E-state index is 10.9. The van der Waals surface area contributed by atoms with Crippen molar-refractivity contribution in [3.63, 3.8) is 0 Å². The zero-order valence-electron chi connectivity index (χ0n) is 17.1. The third-order valence-electron chi connectivity index (χ3n) is 5.49. The highest BCUT2D eigenvalue weighted by molar-refractivity contribution is 7.99. The molecule has 3 aromatic heterocycles. The molecule has 0 saturated carbocycles. The molecule has 158 valence electrons. The van der Waals surface area contributed by atoms with Gasteiger partial charge in [-0.3, -0.25) is 9.38 Å². The van der Waals surface area contributed by atoms with Gasteiger partial charge in [0.1, 0.15) is 6.04 Å². The largest absolute Gasteiger partial charge is 0.381 e. The van der Waals surface area contributed by atoms with Crippen molar-refractivity contribution in [1.82, 2.24) is 19.6 Å². The first-order chi connectivity index (χ1) is 15.2. The number of anilines is 1. The molecule has 8 nitrogen and oxygen atoms in total. The van der Waals surface area contributed by atoms with E-state index < -0.39 is 6.04 Å². The third-order valence-corrected chi connectivity index (χ3v) is 6.44. The fourth-order valence-electron chi connectivity index (χ4n) is 3.70. The quantitative estimate of drug-likeness (QED) is 0.434. The van der Waals surface area contributed by atoms with Crippen LogP contribution in [-0.4, -0.2) is 38.8 Å². The lowest BCUT2D eigenvalue weighted by Gasteiger charge is -2.24. The van der Waals surface area contributed by atoms with Gasteiger partial charge < -0.3 is 10.1 Å². The summed E-state index contributed by atoms with van der Waals surface area (Å²) in [6, 6.07) is 12.0. The van der Waals surface area contributed by atoms with E-state index in [-0.39, 0.29) is 0 Å². The first-order valence-corrected chi connectivity index (χ1v) is 11.1. The van der Waals surface area contributed by atoms with Gasteiger partial charge in [0, 0.05) is 35.7 Å². The zero-order valence-corrected chi connectivity index (χ0v) is 17.9. The van der Waals surface area contributed by atoms with E-state index in [9.17, 15) is 4.91 Å². The minimum atomic E-state index is -0.418. The van der Waals surface area contributed by atoms with Crippen LogP contribution in [0.3, 0.4) is 0 Å². The molecule has 1 N–H and O–H groups in total. The van der Waals surface area contributed by atoms with Crippen LogP contribution in [0.2, 0.25) is 0 Å². The van der Waals surface area contributed by atoms with Gasteiger partial charge in [-0.25, -0.2) is 0 Å². The summed E-state index contributed by atoms with van der Waals surface area (Å²) in [6.45, 7) is 3.37. The fourth-order valence-corrected chi connectivity index (χ4v) is 4.56. The maximum absolute atomic E-state index is 10.9. The molecule has 1 aromatic carbocycles. The molecule has 0 amide bonds. The number of hydrogen-bond acceptors (Lipinski definition) is 8. The first kappa shape index (κ1) is 19.9. The third kappa shape index (κ3) is 4.24. The van der Waals surface area contributed by atoms with Gasteiger partial charge in [-0.05, 0) is 67.4 Å². The van der Waals surface area contributed by atoms with Crippen LogP contribution in [-0.2, 0) is 4.74 Å². The molecule has 31 heavy (non-hydrogen) atoms. The summed E-state index contributed by atoms with van der Waals surface area (Å²) in [4.78, 5) is 16.6. The van der Waals surface area contributed by atoms with Gasteiger partial charge in [0.05, 0.1) is 17.4 Å². The second kappa shape index (κ2) is 8.60. The summed E-state index contributed by atoms with van der Waals surface area (Å²) < 4.78 is 7.33. The van der Waals surface area contributed by atoms with E-state index in [0.717, 1.165) is 63.9 Å². The molecule has 9 heteroatoms. The van der Waals surface area contributed by atoms with Crippen LogP contribution >= 0.6 is 11.8 Å². The molecule has 0 aliphatic carbocycles. The van der Waals surface area contributed by atoms with Crippen LogP contribution in [0.15, 0.2) is 64.0 Å². The Hall–Kier alpha value is -3.04. The van der Waals surface area contributed by atoms with Crippen LogP contribution in [0.4, 0.5) is 5.69 Å². The van der Waals surface area contributed by atoms with Crippen molar-refractivity contribution in [3.8, 4) is 0 Å². The van der Waals surface area contributed by atoms with Gasteiger partial charge in [-0.15, -0.1) is 10.2 Å². The molecule has 4 heterocycles. The number of rotatable bonds is 6. The van der Waals surface area contributed by atoms with E-state index in [0.29, 0.717) is 6.04 Å². The maximum Gasteiger partial charge on any atom is 0.200 e. The lowest BCUT2D eigenvalue weighted by Crippen LogP contribution is -2.27.